The Bertz CT molecular complexity index is 340. The highest BCUT2D eigenvalue weighted by atomic mass is 35.5. The van der Waals surface area contributed by atoms with E-state index < -0.39 is 10.2 Å². The fourth-order valence-corrected chi connectivity index (χ4v) is 3.88. The van der Waals surface area contributed by atoms with Gasteiger partial charge in [0.2, 0.25) is 0 Å². The summed E-state index contributed by atoms with van der Waals surface area (Å²) >= 11 is 0. The van der Waals surface area contributed by atoms with E-state index in [1.54, 1.807) is 11.4 Å². The van der Waals surface area contributed by atoms with Crippen LogP contribution in [0.3, 0.4) is 0 Å². The number of nitrogens with zero attached hydrogens (tertiary/aromatic N) is 2. The molecule has 2 saturated heterocycles. The maximum absolute atomic E-state index is 12.4. The molecular formula is C10H22ClN3O3S. The van der Waals surface area contributed by atoms with Crippen LogP contribution in [-0.4, -0.2) is 69.5 Å². The zero-order valence-electron chi connectivity index (χ0n) is 10.7. The highest BCUT2D eigenvalue weighted by Gasteiger charge is 2.33. The van der Waals surface area contributed by atoms with E-state index >= 15 is 0 Å². The Labute approximate surface area is 115 Å². The molecule has 2 aliphatic heterocycles. The molecule has 2 heterocycles. The largest absolute Gasteiger partial charge is 0.379 e. The average Bonchev–Trinajstić information content (AvgIpc) is 2.40. The van der Waals surface area contributed by atoms with E-state index in [-0.39, 0.29) is 18.4 Å². The minimum Gasteiger partial charge on any atom is -0.379 e. The maximum Gasteiger partial charge on any atom is 0.282 e. The molecule has 18 heavy (non-hydrogen) atoms. The Morgan fingerprint density at radius 2 is 1.78 bits per heavy atom. The standard InChI is InChI=1S/C10H21N3O3S.ClH/c1-12(10-2-4-11-5-3-10)17(14,15)13-6-8-16-9-7-13;/h10-11H,2-9H2,1H3;1H. The molecule has 0 aromatic rings. The van der Waals surface area contributed by atoms with Crippen molar-refractivity contribution in [2.45, 2.75) is 18.9 Å². The van der Waals surface area contributed by atoms with Crippen LogP contribution in [0.25, 0.3) is 0 Å². The first-order chi connectivity index (χ1) is 8.12. The van der Waals surface area contributed by atoms with E-state index in [1.807, 2.05) is 0 Å². The third-order valence-corrected chi connectivity index (χ3v) is 5.53. The molecule has 2 rings (SSSR count). The van der Waals surface area contributed by atoms with Crippen LogP contribution >= 0.6 is 12.4 Å². The summed E-state index contributed by atoms with van der Waals surface area (Å²) in [6, 6.07) is 0.129. The fraction of sp³-hybridized carbons (Fsp3) is 1.00. The zero-order chi connectivity index (χ0) is 12.3. The van der Waals surface area contributed by atoms with Crippen molar-refractivity contribution in [1.82, 2.24) is 13.9 Å². The van der Waals surface area contributed by atoms with Crippen LogP contribution < -0.4 is 5.32 Å². The number of piperidine rings is 1. The van der Waals surface area contributed by atoms with E-state index in [1.165, 1.54) is 4.31 Å². The normalized spacial score (nSPS) is 23.9. The number of ether oxygens (including phenoxy) is 1. The summed E-state index contributed by atoms with van der Waals surface area (Å²) in [6.07, 6.45) is 1.78. The van der Waals surface area contributed by atoms with Gasteiger partial charge >= 0.3 is 0 Å². The van der Waals surface area contributed by atoms with Gasteiger partial charge in [0.15, 0.2) is 0 Å². The first kappa shape index (κ1) is 16.1. The third-order valence-electron chi connectivity index (χ3n) is 3.48. The van der Waals surface area contributed by atoms with Crippen LogP contribution in [0.15, 0.2) is 0 Å². The second-order valence-corrected chi connectivity index (χ2v) is 6.50. The minimum absolute atomic E-state index is 0. The van der Waals surface area contributed by atoms with Crippen molar-refractivity contribution in [1.29, 1.82) is 0 Å². The van der Waals surface area contributed by atoms with Crippen LogP contribution in [0.1, 0.15) is 12.8 Å². The second kappa shape index (κ2) is 7.02. The van der Waals surface area contributed by atoms with Crippen molar-refractivity contribution >= 4 is 22.6 Å². The summed E-state index contributed by atoms with van der Waals surface area (Å²) in [5, 5.41) is 3.25. The Morgan fingerprint density at radius 1 is 1.22 bits per heavy atom. The summed E-state index contributed by atoms with van der Waals surface area (Å²) in [4.78, 5) is 0. The molecule has 8 heteroatoms. The molecule has 0 unspecified atom stereocenters. The summed E-state index contributed by atoms with van der Waals surface area (Å²) in [5.74, 6) is 0. The van der Waals surface area contributed by atoms with Gasteiger partial charge in [-0.2, -0.15) is 17.0 Å². The van der Waals surface area contributed by atoms with Crippen LogP contribution in [0, 0.1) is 0 Å². The molecule has 0 saturated carbocycles. The van der Waals surface area contributed by atoms with Gasteiger partial charge < -0.3 is 10.1 Å². The number of halogens is 1. The molecule has 0 aromatic heterocycles. The van der Waals surface area contributed by atoms with Crippen molar-refractivity contribution in [3.63, 3.8) is 0 Å². The Morgan fingerprint density at radius 3 is 2.33 bits per heavy atom. The maximum atomic E-state index is 12.4. The molecule has 108 valence electrons. The molecule has 0 radical (unpaired) electrons. The predicted molar refractivity (Wildman–Crippen MR) is 72.2 cm³/mol. The lowest BCUT2D eigenvalue weighted by Gasteiger charge is -2.35. The third kappa shape index (κ3) is 3.55. The number of hydrogen-bond donors (Lipinski definition) is 1. The van der Waals surface area contributed by atoms with Gasteiger partial charge in [-0.05, 0) is 25.9 Å². The van der Waals surface area contributed by atoms with Gasteiger partial charge in [0.05, 0.1) is 13.2 Å². The molecule has 2 aliphatic rings. The summed E-state index contributed by atoms with van der Waals surface area (Å²) in [7, 11) is -1.61. The van der Waals surface area contributed by atoms with Crippen molar-refractivity contribution < 1.29 is 13.2 Å². The van der Waals surface area contributed by atoms with Crippen molar-refractivity contribution in [2.75, 3.05) is 46.4 Å². The summed E-state index contributed by atoms with van der Waals surface area (Å²) in [6.45, 7) is 3.73. The molecule has 1 N–H and O–H groups in total. The minimum atomic E-state index is -3.30. The van der Waals surface area contributed by atoms with E-state index in [0.29, 0.717) is 26.3 Å². The Balaban J connectivity index is 0.00000162. The lowest BCUT2D eigenvalue weighted by molar-refractivity contribution is 0.0695. The highest BCUT2D eigenvalue weighted by molar-refractivity contribution is 7.86. The van der Waals surface area contributed by atoms with Gasteiger partial charge in [-0.15, -0.1) is 12.4 Å². The van der Waals surface area contributed by atoms with Gasteiger partial charge in [0, 0.05) is 26.2 Å². The summed E-state index contributed by atoms with van der Waals surface area (Å²) < 4.78 is 33.0. The Kier molecular flexibility index (Phi) is 6.29. The monoisotopic (exact) mass is 299 g/mol. The fourth-order valence-electron chi connectivity index (χ4n) is 2.32. The van der Waals surface area contributed by atoms with Crippen molar-refractivity contribution in [2.24, 2.45) is 0 Å². The van der Waals surface area contributed by atoms with Crippen LogP contribution in [0.4, 0.5) is 0 Å². The molecule has 0 aromatic carbocycles. The molecule has 0 bridgehead atoms. The smallest absolute Gasteiger partial charge is 0.282 e. The van der Waals surface area contributed by atoms with Crippen molar-refractivity contribution in [3.05, 3.63) is 0 Å². The number of nitrogens with one attached hydrogen (secondary N) is 1. The van der Waals surface area contributed by atoms with Gasteiger partial charge in [-0.25, -0.2) is 0 Å². The number of morpholine rings is 1. The molecule has 6 nitrogen and oxygen atoms in total. The number of rotatable bonds is 3. The van der Waals surface area contributed by atoms with E-state index in [0.717, 1.165) is 25.9 Å². The Hall–Kier alpha value is 0.0800. The topological polar surface area (TPSA) is 61.9 Å². The molecule has 0 aliphatic carbocycles. The van der Waals surface area contributed by atoms with Gasteiger partial charge in [-0.3, -0.25) is 0 Å². The van der Waals surface area contributed by atoms with E-state index in [4.69, 9.17) is 4.74 Å². The molecule has 2 fully saturated rings. The molecule has 0 spiro atoms. The van der Waals surface area contributed by atoms with Gasteiger partial charge in [-0.1, -0.05) is 0 Å². The quantitative estimate of drug-likeness (QED) is 0.775. The predicted octanol–water partition coefficient (Wildman–Crippen LogP) is -0.331. The highest BCUT2D eigenvalue weighted by Crippen LogP contribution is 2.17. The first-order valence-electron chi connectivity index (χ1n) is 6.14. The molecular weight excluding hydrogens is 278 g/mol. The van der Waals surface area contributed by atoms with Gasteiger partial charge in [0.1, 0.15) is 0 Å². The SMILES string of the molecule is CN(C1CCNCC1)S(=O)(=O)N1CCOCC1.Cl. The lowest BCUT2D eigenvalue weighted by Crippen LogP contribution is -2.52. The summed E-state index contributed by atoms with van der Waals surface area (Å²) in [5.41, 5.74) is 0. The van der Waals surface area contributed by atoms with E-state index in [2.05, 4.69) is 5.32 Å². The van der Waals surface area contributed by atoms with Crippen LogP contribution in [0.5, 0.6) is 0 Å². The van der Waals surface area contributed by atoms with Crippen LogP contribution in [0.2, 0.25) is 0 Å². The number of hydrogen-bond acceptors (Lipinski definition) is 4. The molecule has 0 atom stereocenters. The van der Waals surface area contributed by atoms with Crippen molar-refractivity contribution in [3.8, 4) is 0 Å². The average molecular weight is 300 g/mol. The zero-order valence-corrected chi connectivity index (χ0v) is 12.3. The first-order valence-corrected chi connectivity index (χ1v) is 7.53. The molecule has 0 amide bonds. The van der Waals surface area contributed by atoms with Crippen LogP contribution in [-0.2, 0) is 14.9 Å². The van der Waals surface area contributed by atoms with E-state index in [9.17, 15) is 8.42 Å². The second-order valence-electron chi connectivity index (χ2n) is 4.52. The lowest BCUT2D eigenvalue weighted by atomic mass is 10.1. The van der Waals surface area contributed by atoms with Gasteiger partial charge in [0.25, 0.3) is 10.2 Å².